The number of para-hydroxylation sites is 1. The molecule has 0 aliphatic heterocycles. The van der Waals surface area contributed by atoms with E-state index in [1.165, 1.54) is 0 Å². The molecule has 2 aromatic rings. The first kappa shape index (κ1) is 15.3. The average molecular weight is 308 g/mol. The van der Waals surface area contributed by atoms with E-state index >= 15 is 0 Å². The van der Waals surface area contributed by atoms with Gasteiger partial charge < -0.3 is 19.5 Å². The molecular formula is C16H18ClNO3. The van der Waals surface area contributed by atoms with Gasteiger partial charge in [0.15, 0.2) is 5.75 Å². The Labute approximate surface area is 129 Å². The molecule has 0 aromatic heterocycles. The van der Waals surface area contributed by atoms with Crippen LogP contribution in [-0.4, -0.2) is 27.4 Å². The van der Waals surface area contributed by atoms with Gasteiger partial charge in [0.25, 0.3) is 0 Å². The van der Waals surface area contributed by atoms with Crippen LogP contribution >= 0.6 is 11.6 Å². The van der Waals surface area contributed by atoms with Crippen LogP contribution in [0.2, 0.25) is 5.02 Å². The van der Waals surface area contributed by atoms with E-state index in [4.69, 9.17) is 25.8 Å². The van der Waals surface area contributed by atoms with Crippen LogP contribution in [0.4, 0.5) is 5.69 Å². The van der Waals surface area contributed by atoms with Gasteiger partial charge in [0.2, 0.25) is 0 Å². The standard InChI is InChI=1S/C16H18ClNO3/c1-19-12-6-8-13(9-7-12)21-11-10-18-15-5-3-4-14(17)16(15)20-2/h3-9,18H,10-11H2,1-2H3. The SMILES string of the molecule is COc1ccc(OCCNc2cccc(Cl)c2OC)cc1. The molecule has 112 valence electrons. The summed E-state index contributed by atoms with van der Waals surface area (Å²) in [4.78, 5) is 0. The molecule has 0 unspecified atom stereocenters. The minimum Gasteiger partial charge on any atom is -0.497 e. The Bertz CT molecular complexity index is 572. The number of ether oxygens (including phenoxy) is 3. The molecule has 21 heavy (non-hydrogen) atoms. The predicted octanol–water partition coefficient (Wildman–Crippen LogP) is 3.85. The Morgan fingerprint density at radius 3 is 2.33 bits per heavy atom. The zero-order valence-electron chi connectivity index (χ0n) is 12.1. The van der Waals surface area contributed by atoms with E-state index < -0.39 is 0 Å². The van der Waals surface area contributed by atoms with Crippen LogP contribution < -0.4 is 19.5 Å². The third kappa shape index (κ3) is 4.20. The van der Waals surface area contributed by atoms with Crippen molar-refractivity contribution in [3.8, 4) is 17.2 Å². The number of hydrogen-bond acceptors (Lipinski definition) is 4. The van der Waals surface area contributed by atoms with Gasteiger partial charge in [-0.25, -0.2) is 0 Å². The Hall–Kier alpha value is -2.07. The van der Waals surface area contributed by atoms with E-state index in [0.29, 0.717) is 23.9 Å². The molecule has 0 amide bonds. The van der Waals surface area contributed by atoms with Gasteiger partial charge in [-0.2, -0.15) is 0 Å². The normalized spacial score (nSPS) is 10.0. The average Bonchev–Trinajstić information content (AvgIpc) is 2.52. The molecule has 0 saturated carbocycles. The first-order chi connectivity index (χ1) is 10.2. The van der Waals surface area contributed by atoms with E-state index in [1.807, 2.05) is 36.4 Å². The highest BCUT2D eigenvalue weighted by Crippen LogP contribution is 2.32. The molecule has 0 aliphatic carbocycles. The molecule has 5 heteroatoms. The van der Waals surface area contributed by atoms with E-state index in [9.17, 15) is 0 Å². The van der Waals surface area contributed by atoms with Crippen LogP contribution in [0.15, 0.2) is 42.5 Å². The van der Waals surface area contributed by atoms with Gasteiger partial charge in [0, 0.05) is 6.54 Å². The van der Waals surface area contributed by atoms with Crippen LogP contribution in [-0.2, 0) is 0 Å². The highest BCUT2D eigenvalue weighted by Gasteiger charge is 2.06. The minimum atomic E-state index is 0.530. The molecular weight excluding hydrogens is 290 g/mol. The summed E-state index contributed by atoms with van der Waals surface area (Å²) in [5.41, 5.74) is 0.850. The largest absolute Gasteiger partial charge is 0.497 e. The van der Waals surface area contributed by atoms with Crippen molar-refractivity contribution in [3.63, 3.8) is 0 Å². The van der Waals surface area contributed by atoms with Gasteiger partial charge in [0.05, 0.1) is 24.9 Å². The van der Waals surface area contributed by atoms with Gasteiger partial charge >= 0.3 is 0 Å². The Morgan fingerprint density at radius 1 is 0.952 bits per heavy atom. The van der Waals surface area contributed by atoms with E-state index in [0.717, 1.165) is 17.2 Å². The van der Waals surface area contributed by atoms with Gasteiger partial charge in [-0.15, -0.1) is 0 Å². The van der Waals surface area contributed by atoms with E-state index in [-0.39, 0.29) is 0 Å². The lowest BCUT2D eigenvalue weighted by atomic mass is 10.3. The zero-order chi connectivity index (χ0) is 15.1. The molecule has 0 heterocycles. The number of anilines is 1. The summed E-state index contributed by atoms with van der Waals surface area (Å²) in [5.74, 6) is 2.25. The quantitative estimate of drug-likeness (QED) is 0.789. The van der Waals surface area contributed by atoms with Crippen LogP contribution in [0.3, 0.4) is 0 Å². The van der Waals surface area contributed by atoms with Crippen molar-refractivity contribution in [1.82, 2.24) is 0 Å². The molecule has 0 bridgehead atoms. The summed E-state index contributed by atoms with van der Waals surface area (Å²) in [6.45, 7) is 1.17. The molecule has 0 saturated heterocycles. The van der Waals surface area contributed by atoms with Gasteiger partial charge in [-0.05, 0) is 36.4 Å². The maximum Gasteiger partial charge on any atom is 0.160 e. The van der Waals surface area contributed by atoms with Crippen LogP contribution in [0, 0.1) is 0 Å². The fourth-order valence-electron chi connectivity index (χ4n) is 1.88. The van der Waals surface area contributed by atoms with Gasteiger partial charge in [-0.3, -0.25) is 0 Å². The molecule has 2 aromatic carbocycles. The summed E-state index contributed by atoms with van der Waals surface area (Å²) in [6, 6.07) is 13.1. The molecule has 1 N–H and O–H groups in total. The molecule has 0 fully saturated rings. The Morgan fingerprint density at radius 2 is 1.67 bits per heavy atom. The monoisotopic (exact) mass is 307 g/mol. The molecule has 0 radical (unpaired) electrons. The first-order valence-corrected chi connectivity index (χ1v) is 6.95. The summed E-state index contributed by atoms with van der Waals surface area (Å²) in [5, 5.41) is 3.82. The predicted molar refractivity (Wildman–Crippen MR) is 85.0 cm³/mol. The van der Waals surface area contributed by atoms with Crippen LogP contribution in [0.25, 0.3) is 0 Å². The van der Waals surface area contributed by atoms with Crippen molar-refractivity contribution in [1.29, 1.82) is 0 Å². The van der Waals surface area contributed by atoms with Crippen molar-refractivity contribution in [3.05, 3.63) is 47.5 Å². The van der Waals surface area contributed by atoms with Gasteiger partial charge in [-0.1, -0.05) is 17.7 Å². The van der Waals surface area contributed by atoms with Crippen LogP contribution in [0.5, 0.6) is 17.2 Å². The van der Waals surface area contributed by atoms with Crippen molar-refractivity contribution >= 4 is 17.3 Å². The fourth-order valence-corrected chi connectivity index (χ4v) is 2.13. The second-order valence-electron chi connectivity index (χ2n) is 4.27. The van der Waals surface area contributed by atoms with E-state index in [1.54, 1.807) is 20.3 Å². The lowest BCUT2D eigenvalue weighted by Crippen LogP contribution is -2.12. The number of benzene rings is 2. The van der Waals surface area contributed by atoms with Crippen molar-refractivity contribution < 1.29 is 14.2 Å². The topological polar surface area (TPSA) is 39.7 Å². The molecule has 2 rings (SSSR count). The third-order valence-electron chi connectivity index (χ3n) is 2.92. The first-order valence-electron chi connectivity index (χ1n) is 6.58. The maximum atomic E-state index is 6.06. The Balaban J connectivity index is 1.83. The number of nitrogens with one attached hydrogen (secondary N) is 1. The lowest BCUT2D eigenvalue weighted by molar-refractivity contribution is 0.331. The highest BCUT2D eigenvalue weighted by molar-refractivity contribution is 6.32. The minimum absolute atomic E-state index is 0.530. The summed E-state index contributed by atoms with van der Waals surface area (Å²) in [7, 11) is 3.23. The molecule has 4 nitrogen and oxygen atoms in total. The lowest BCUT2D eigenvalue weighted by Gasteiger charge is -2.13. The Kier molecular flexibility index (Phi) is 5.58. The smallest absolute Gasteiger partial charge is 0.160 e. The second-order valence-corrected chi connectivity index (χ2v) is 4.68. The molecule has 0 aliphatic rings. The molecule has 0 spiro atoms. The number of hydrogen-bond donors (Lipinski definition) is 1. The van der Waals surface area contributed by atoms with Crippen molar-refractivity contribution in [2.75, 3.05) is 32.7 Å². The van der Waals surface area contributed by atoms with E-state index in [2.05, 4.69) is 5.32 Å². The third-order valence-corrected chi connectivity index (χ3v) is 3.21. The van der Waals surface area contributed by atoms with Crippen LogP contribution in [0.1, 0.15) is 0 Å². The highest BCUT2D eigenvalue weighted by atomic mass is 35.5. The molecule has 0 atom stereocenters. The number of rotatable bonds is 7. The fraction of sp³-hybridized carbons (Fsp3) is 0.250. The number of halogens is 1. The van der Waals surface area contributed by atoms with Crippen molar-refractivity contribution in [2.45, 2.75) is 0 Å². The summed E-state index contributed by atoms with van der Waals surface area (Å²) in [6.07, 6.45) is 0. The van der Waals surface area contributed by atoms with Gasteiger partial charge in [0.1, 0.15) is 18.1 Å². The number of methoxy groups -OCH3 is 2. The maximum absolute atomic E-state index is 6.06. The summed E-state index contributed by atoms with van der Waals surface area (Å²) < 4.78 is 16.0. The zero-order valence-corrected chi connectivity index (χ0v) is 12.8. The summed E-state index contributed by atoms with van der Waals surface area (Å²) >= 11 is 6.06. The van der Waals surface area contributed by atoms with Crippen molar-refractivity contribution in [2.24, 2.45) is 0 Å². The second kappa shape index (κ2) is 7.64.